The number of nitrogens with zero attached hydrogens (tertiary/aromatic N) is 2. The van der Waals surface area contributed by atoms with Gasteiger partial charge in [-0.3, -0.25) is 24.1 Å². The van der Waals surface area contributed by atoms with Gasteiger partial charge in [0.2, 0.25) is 11.8 Å². The van der Waals surface area contributed by atoms with Gasteiger partial charge in [-0.25, -0.2) is 4.79 Å². The van der Waals surface area contributed by atoms with Crippen molar-refractivity contribution in [3.8, 4) is 0 Å². The first-order valence-electron chi connectivity index (χ1n) is 11.3. The van der Waals surface area contributed by atoms with E-state index in [4.69, 9.17) is 9.84 Å². The van der Waals surface area contributed by atoms with Gasteiger partial charge in [0.25, 0.3) is 5.91 Å². The van der Waals surface area contributed by atoms with E-state index < -0.39 is 54.8 Å². The number of anilines is 2. The number of hydrogen-bond donors (Lipinski definition) is 3. The van der Waals surface area contributed by atoms with E-state index in [0.29, 0.717) is 5.69 Å². The molecule has 1 heterocycles. The van der Waals surface area contributed by atoms with Crippen LogP contribution in [0.15, 0.2) is 54.6 Å². The van der Waals surface area contributed by atoms with Crippen molar-refractivity contribution in [1.29, 1.82) is 0 Å². The Hall–Kier alpha value is -4.74. The van der Waals surface area contributed by atoms with Crippen LogP contribution >= 0.6 is 0 Å². The fraction of sp³-hybridized carbons (Fsp3) is 0.280. The first-order valence-corrected chi connectivity index (χ1v) is 11.3. The van der Waals surface area contributed by atoms with E-state index >= 15 is 0 Å². The number of aldehydes is 1. The van der Waals surface area contributed by atoms with E-state index in [1.165, 1.54) is 17.9 Å². The van der Waals surface area contributed by atoms with E-state index in [1.54, 1.807) is 42.5 Å². The Morgan fingerprint density at radius 3 is 2.35 bits per heavy atom. The fourth-order valence-electron chi connectivity index (χ4n) is 3.78. The highest BCUT2D eigenvalue weighted by Gasteiger charge is 2.37. The molecule has 0 aromatic heterocycles. The van der Waals surface area contributed by atoms with Crippen LogP contribution in [-0.2, 0) is 35.3 Å². The second-order valence-electron chi connectivity index (χ2n) is 8.21. The van der Waals surface area contributed by atoms with Crippen molar-refractivity contribution in [3.05, 3.63) is 60.2 Å². The number of aliphatic carboxylic acids is 1. The number of nitrogens with one attached hydrogen (secondary N) is 2. The smallest absolute Gasteiger partial charge is 0.408 e. The quantitative estimate of drug-likeness (QED) is 0.418. The highest BCUT2D eigenvalue weighted by molar-refractivity contribution is 6.09. The van der Waals surface area contributed by atoms with Crippen molar-refractivity contribution in [1.82, 2.24) is 10.6 Å². The van der Waals surface area contributed by atoms with Crippen molar-refractivity contribution in [2.75, 3.05) is 22.9 Å². The number of benzene rings is 2. The maximum Gasteiger partial charge on any atom is 0.408 e. The molecule has 12 heteroatoms. The van der Waals surface area contributed by atoms with Crippen LogP contribution in [-0.4, -0.2) is 66.3 Å². The third-order valence-electron chi connectivity index (χ3n) is 5.48. The summed E-state index contributed by atoms with van der Waals surface area (Å²) in [6.45, 7) is 0.435. The third kappa shape index (κ3) is 7.13. The van der Waals surface area contributed by atoms with Crippen LogP contribution in [0.5, 0.6) is 0 Å². The summed E-state index contributed by atoms with van der Waals surface area (Å²) in [6.07, 6.45) is -1.24. The second kappa shape index (κ2) is 12.3. The van der Waals surface area contributed by atoms with Crippen LogP contribution in [0.1, 0.15) is 18.9 Å². The molecule has 3 N–H and O–H groups in total. The summed E-state index contributed by atoms with van der Waals surface area (Å²) in [5, 5.41) is 13.6. The summed E-state index contributed by atoms with van der Waals surface area (Å²) in [4.78, 5) is 75.7. The average molecular weight is 511 g/mol. The molecule has 2 aromatic carbocycles. The number of carboxylic acids is 1. The van der Waals surface area contributed by atoms with Gasteiger partial charge in [-0.2, -0.15) is 0 Å². The normalized spacial score (nSPS) is 15.6. The highest BCUT2D eigenvalue weighted by Crippen LogP contribution is 2.32. The molecule has 0 spiro atoms. The van der Waals surface area contributed by atoms with E-state index in [2.05, 4.69) is 10.6 Å². The van der Waals surface area contributed by atoms with Crippen LogP contribution in [0.2, 0.25) is 0 Å². The van der Waals surface area contributed by atoms with Crippen LogP contribution in [0, 0.1) is 0 Å². The van der Waals surface area contributed by atoms with E-state index in [1.807, 2.05) is 6.07 Å². The minimum absolute atomic E-state index is 0.0486. The van der Waals surface area contributed by atoms with Crippen molar-refractivity contribution >= 4 is 47.4 Å². The molecule has 12 nitrogen and oxygen atoms in total. The Labute approximate surface area is 212 Å². The van der Waals surface area contributed by atoms with Gasteiger partial charge in [-0.15, -0.1) is 0 Å². The molecule has 2 aromatic rings. The molecule has 1 aliphatic heterocycles. The number of carbonyl (C=O) groups excluding carboxylic acids is 5. The molecule has 2 atom stereocenters. The van der Waals surface area contributed by atoms with Crippen LogP contribution < -0.4 is 20.4 Å². The lowest BCUT2D eigenvalue weighted by molar-refractivity contribution is -0.139. The zero-order chi connectivity index (χ0) is 26.9. The summed E-state index contributed by atoms with van der Waals surface area (Å²) in [7, 11) is 0. The zero-order valence-corrected chi connectivity index (χ0v) is 20.0. The number of fused-ring (bicyclic) bond motifs is 1. The summed E-state index contributed by atoms with van der Waals surface area (Å²) in [5.74, 6) is -3.20. The number of amides is 4. The molecule has 0 bridgehead atoms. The van der Waals surface area contributed by atoms with E-state index in [-0.39, 0.29) is 25.1 Å². The molecule has 1 aliphatic rings. The molecule has 0 fully saturated rings. The van der Waals surface area contributed by atoms with Gasteiger partial charge in [0.05, 0.1) is 30.4 Å². The maximum atomic E-state index is 13.5. The lowest BCUT2D eigenvalue weighted by Crippen LogP contribution is -2.54. The Bertz CT molecular complexity index is 1190. The molecular formula is C25H26N4O8. The molecule has 4 amide bonds. The molecule has 37 heavy (non-hydrogen) atoms. The molecule has 0 radical (unpaired) electrons. The monoisotopic (exact) mass is 510 g/mol. The number of alkyl carbamates (subject to hydrolysis) is 1. The first kappa shape index (κ1) is 26.9. The molecule has 0 saturated carbocycles. The van der Waals surface area contributed by atoms with E-state index in [9.17, 15) is 28.8 Å². The summed E-state index contributed by atoms with van der Waals surface area (Å²) < 4.78 is 5.22. The Kier molecular flexibility index (Phi) is 8.92. The summed E-state index contributed by atoms with van der Waals surface area (Å²) in [5.41, 5.74) is 1.28. The first-order chi connectivity index (χ1) is 17.7. The molecule has 0 aliphatic carbocycles. The largest absolute Gasteiger partial charge is 0.481 e. The Morgan fingerprint density at radius 2 is 1.73 bits per heavy atom. The van der Waals surface area contributed by atoms with E-state index in [0.717, 1.165) is 10.5 Å². The molecule has 0 unspecified atom stereocenters. The lowest BCUT2D eigenvalue weighted by Gasteiger charge is -2.25. The van der Waals surface area contributed by atoms with Gasteiger partial charge < -0.3 is 30.2 Å². The second-order valence-corrected chi connectivity index (χ2v) is 8.21. The SMILES string of the molecule is CC(=O)N1C[C@H](NC(=O)OCc2ccccc2)C(=O)N(CC(=O)N[C@H](C=O)CC(=O)O)c2ccccc21. The Morgan fingerprint density at radius 1 is 1.08 bits per heavy atom. The van der Waals surface area contributed by atoms with Gasteiger partial charge in [-0.05, 0) is 17.7 Å². The van der Waals surface area contributed by atoms with Crippen LogP contribution in [0.25, 0.3) is 0 Å². The molecule has 3 rings (SSSR count). The highest BCUT2D eigenvalue weighted by atomic mass is 16.5. The van der Waals surface area contributed by atoms with Crippen LogP contribution in [0.3, 0.4) is 0 Å². The van der Waals surface area contributed by atoms with Crippen LogP contribution in [0.4, 0.5) is 16.2 Å². The minimum Gasteiger partial charge on any atom is -0.481 e. The van der Waals surface area contributed by atoms with Crippen molar-refractivity contribution in [3.63, 3.8) is 0 Å². The van der Waals surface area contributed by atoms with Gasteiger partial charge in [0.1, 0.15) is 25.5 Å². The third-order valence-corrected chi connectivity index (χ3v) is 5.48. The topological polar surface area (TPSA) is 162 Å². The van der Waals surface area contributed by atoms with Gasteiger partial charge in [0.15, 0.2) is 0 Å². The molecule has 0 saturated heterocycles. The predicted octanol–water partition coefficient (Wildman–Crippen LogP) is 0.839. The fourth-order valence-corrected chi connectivity index (χ4v) is 3.78. The lowest BCUT2D eigenvalue weighted by atomic mass is 10.2. The van der Waals surface area contributed by atoms with Crippen molar-refractivity contribution in [2.24, 2.45) is 0 Å². The van der Waals surface area contributed by atoms with Gasteiger partial charge in [0, 0.05) is 6.92 Å². The average Bonchev–Trinajstić information content (AvgIpc) is 2.98. The minimum atomic E-state index is -1.29. The van der Waals surface area contributed by atoms with Crippen molar-refractivity contribution < 1.29 is 38.6 Å². The zero-order valence-electron chi connectivity index (χ0n) is 20.0. The maximum absolute atomic E-state index is 13.5. The predicted molar refractivity (Wildman–Crippen MR) is 131 cm³/mol. The van der Waals surface area contributed by atoms with Crippen molar-refractivity contribution in [2.45, 2.75) is 32.0 Å². The standard InChI is InChI=1S/C25H26N4O8/c1-16(31)28-12-19(27-25(36)37-15-17-7-3-2-4-8-17)24(35)29(21-10-6-5-9-20(21)28)13-22(32)26-18(14-30)11-23(33)34/h2-10,14,18-19H,11-13,15H2,1H3,(H,26,32)(H,27,36)(H,33,34)/t18-,19-/m0/s1. The number of carbonyl (C=O) groups is 6. The molecule has 194 valence electrons. The number of para-hydroxylation sites is 2. The number of carboxylic acid groups (broad SMARTS) is 1. The number of ether oxygens (including phenoxy) is 1. The number of hydrogen-bond acceptors (Lipinski definition) is 7. The molecular weight excluding hydrogens is 484 g/mol. The summed E-state index contributed by atoms with van der Waals surface area (Å²) >= 11 is 0. The number of rotatable bonds is 9. The van der Waals surface area contributed by atoms with Gasteiger partial charge in [-0.1, -0.05) is 42.5 Å². The Balaban J connectivity index is 1.84. The summed E-state index contributed by atoms with van der Waals surface area (Å²) in [6, 6.07) is 12.7. The van der Waals surface area contributed by atoms with Gasteiger partial charge >= 0.3 is 12.1 Å².